The summed E-state index contributed by atoms with van der Waals surface area (Å²) in [5, 5.41) is 4.58. The molecule has 6 heteroatoms. The lowest BCUT2D eigenvalue weighted by atomic mass is 9.90. The molecule has 0 bridgehead atoms. The van der Waals surface area contributed by atoms with Gasteiger partial charge in [-0.1, -0.05) is 109 Å². The molecule has 10 aromatic rings. The van der Waals surface area contributed by atoms with Crippen molar-refractivity contribution in [1.29, 1.82) is 0 Å². The van der Waals surface area contributed by atoms with Crippen molar-refractivity contribution in [3.63, 3.8) is 0 Å². The largest absolute Gasteiger partial charge is 0.250 e. The van der Waals surface area contributed by atoms with E-state index in [-0.39, 0.29) is 11.6 Å². The van der Waals surface area contributed by atoms with Gasteiger partial charge in [0.2, 0.25) is 12.7 Å². The molecule has 0 amide bonds. The lowest BCUT2D eigenvalue weighted by Gasteiger charge is -2.16. The van der Waals surface area contributed by atoms with Crippen molar-refractivity contribution >= 4 is 43.6 Å². The fourth-order valence-corrected chi connectivity index (χ4v) is 8.01. The summed E-state index contributed by atoms with van der Waals surface area (Å²) in [6.07, 6.45) is 4.35. The number of hydrogen-bond donors (Lipinski definition) is 0. The molecule has 0 aliphatic carbocycles. The van der Waals surface area contributed by atoms with E-state index < -0.39 is 0 Å². The van der Waals surface area contributed by atoms with Crippen LogP contribution in [-0.4, -0.2) is 9.13 Å². The van der Waals surface area contributed by atoms with Gasteiger partial charge in [-0.3, -0.25) is 0 Å². The molecule has 258 valence electrons. The van der Waals surface area contributed by atoms with Gasteiger partial charge in [-0.15, -0.1) is 0 Å². The number of halogens is 2. The highest BCUT2D eigenvalue weighted by molar-refractivity contribution is 6.11. The van der Waals surface area contributed by atoms with Crippen LogP contribution in [0.25, 0.3) is 66.1 Å². The predicted octanol–water partition coefficient (Wildman–Crippen LogP) is 10.5. The van der Waals surface area contributed by atoms with Crippen LogP contribution in [0.3, 0.4) is 0 Å². The van der Waals surface area contributed by atoms with Gasteiger partial charge in [0.25, 0.3) is 0 Å². The van der Waals surface area contributed by atoms with Crippen LogP contribution >= 0.6 is 0 Å². The zero-order valence-corrected chi connectivity index (χ0v) is 29.3. The molecule has 10 rings (SSSR count). The van der Waals surface area contributed by atoms with Gasteiger partial charge in [0, 0.05) is 11.1 Å². The van der Waals surface area contributed by atoms with Crippen LogP contribution in [0.2, 0.25) is 0 Å². The highest BCUT2D eigenvalue weighted by Gasteiger charge is 2.28. The van der Waals surface area contributed by atoms with Gasteiger partial charge >= 0.3 is 0 Å². The summed E-state index contributed by atoms with van der Waals surface area (Å²) in [6.45, 7) is 1.19. The summed E-state index contributed by atoms with van der Waals surface area (Å²) in [4.78, 5) is 0. The average molecular weight is 705 g/mol. The van der Waals surface area contributed by atoms with Gasteiger partial charge < -0.3 is 0 Å². The molecule has 0 aliphatic rings. The first kappa shape index (κ1) is 31.8. The SMILES string of the molecule is Fc1ccc(C[n+]2cn(-c3ccc4ccccc4c3-c3c(-n4c[n+](Cc5ccc(F)cc5)c5ccccc54)ccc4ccccc34)c3ccccc32)cc1. The van der Waals surface area contributed by atoms with Gasteiger partial charge in [-0.25, -0.2) is 17.9 Å². The number of para-hydroxylation sites is 4. The minimum atomic E-state index is -0.241. The normalized spacial score (nSPS) is 11.7. The summed E-state index contributed by atoms with van der Waals surface area (Å²) in [6, 6.07) is 56.5. The Morgan fingerprint density at radius 3 is 1.22 bits per heavy atom. The molecule has 8 aromatic carbocycles. The molecule has 0 radical (unpaired) electrons. The van der Waals surface area contributed by atoms with Crippen LogP contribution in [0, 0.1) is 11.6 Å². The maximum atomic E-state index is 13.9. The first-order chi connectivity index (χ1) is 26.6. The van der Waals surface area contributed by atoms with Crippen molar-refractivity contribution < 1.29 is 17.9 Å². The average Bonchev–Trinajstić information content (AvgIpc) is 3.77. The van der Waals surface area contributed by atoms with Crippen LogP contribution in [-0.2, 0) is 13.1 Å². The molecule has 2 aromatic heterocycles. The van der Waals surface area contributed by atoms with Crippen LogP contribution in [0.1, 0.15) is 11.1 Å². The van der Waals surface area contributed by atoms with E-state index in [1.54, 1.807) is 0 Å². The summed E-state index contributed by atoms with van der Waals surface area (Å²) in [5.41, 5.74) is 10.7. The second-order valence-corrected chi connectivity index (χ2v) is 13.8. The van der Waals surface area contributed by atoms with E-state index in [1.165, 1.54) is 24.3 Å². The number of fused-ring (bicyclic) bond motifs is 4. The molecule has 2 heterocycles. The van der Waals surface area contributed by atoms with Crippen LogP contribution in [0.4, 0.5) is 8.78 Å². The van der Waals surface area contributed by atoms with Crippen molar-refractivity contribution in [3.8, 4) is 22.5 Å². The van der Waals surface area contributed by atoms with E-state index in [0.717, 1.165) is 77.2 Å². The molecule has 0 N–H and O–H groups in total. The zero-order chi connectivity index (χ0) is 36.2. The molecule has 0 saturated carbocycles. The fourth-order valence-electron chi connectivity index (χ4n) is 8.01. The smallest absolute Gasteiger partial charge is 0.225 e. The van der Waals surface area contributed by atoms with E-state index in [1.807, 2.05) is 24.3 Å². The number of nitrogens with zero attached hydrogens (tertiary/aromatic N) is 4. The Morgan fingerprint density at radius 2 is 0.778 bits per heavy atom. The fraction of sp³-hybridized carbons (Fsp3) is 0.0417. The van der Waals surface area contributed by atoms with Crippen molar-refractivity contribution in [2.24, 2.45) is 0 Å². The van der Waals surface area contributed by atoms with E-state index in [9.17, 15) is 8.78 Å². The molecular formula is C48H34F2N4+2. The molecule has 0 aliphatic heterocycles. The van der Waals surface area contributed by atoms with E-state index in [4.69, 9.17) is 0 Å². The van der Waals surface area contributed by atoms with E-state index >= 15 is 0 Å². The Kier molecular flexibility index (Phi) is 7.62. The Balaban J connectivity index is 1.26. The third-order valence-corrected chi connectivity index (χ3v) is 10.5. The standard InChI is InChI=1S/C48H34F2N4/c49-37-23-17-33(18-24-37)29-51-31-53(43-15-7-5-13-41(43)51)45-27-21-35-9-1-3-11-39(35)47(45)48-40-12-4-2-10-36(40)22-28-46(48)54-32-52(42-14-6-8-16-44(42)54)30-34-19-25-38(50)26-20-34/h1-28,31-32H,29-30H2/q+2. The molecule has 54 heavy (non-hydrogen) atoms. The van der Waals surface area contributed by atoms with E-state index in [2.05, 4.69) is 152 Å². The van der Waals surface area contributed by atoms with Crippen LogP contribution < -0.4 is 9.13 Å². The Morgan fingerprint density at radius 1 is 0.389 bits per heavy atom. The molecule has 4 nitrogen and oxygen atoms in total. The number of aromatic nitrogens is 4. The third-order valence-electron chi connectivity index (χ3n) is 10.5. The second kappa shape index (κ2) is 12.9. The van der Waals surface area contributed by atoms with Crippen LogP contribution in [0.15, 0.2) is 183 Å². The van der Waals surface area contributed by atoms with Crippen LogP contribution in [0.5, 0.6) is 0 Å². The van der Waals surface area contributed by atoms with Gasteiger partial charge in [0.1, 0.15) is 36.1 Å². The maximum Gasteiger partial charge on any atom is 0.250 e. The first-order valence-corrected chi connectivity index (χ1v) is 18.1. The number of rotatable bonds is 7. The number of hydrogen-bond acceptors (Lipinski definition) is 0. The minimum absolute atomic E-state index is 0.241. The molecule has 0 fully saturated rings. The lowest BCUT2D eigenvalue weighted by molar-refractivity contribution is -0.663. The van der Waals surface area contributed by atoms with Gasteiger partial charge in [0.15, 0.2) is 22.1 Å². The molecular weight excluding hydrogens is 671 g/mol. The third kappa shape index (κ3) is 5.42. The predicted molar refractivity (Wildman–Crippen MR) is 212 cm³/mol. The Bertz CT molecular complexity index is 2810. The lowest BCUT2D eigenvalue weighted by Crippen LogP contribution is -2.32. The molecule has 0 saturated heterocycles. The first-order valence-electron chi connectivity index (χ1n) is 18.1. The monoisotopic (exact) mass is 704 g/mol. The van der Waals surface area contributed by atoms with E-state index in [0.29, 0.717) is 13.1 Å². The minimum Gasteiger partial charge on any atom is -0.225 e. The number of benzene rings is 8. The second-order valence-electron chi connectivity index (χ2n) is 13.8. The molecule has 0 spiro atoms. The quantitative estimate of drug-likeness (QED) is 0.147. The van der Waals surface area contributed by atoms with Gasteiger partial charge in [-0.2, -0.15) is 9.13 Å². The summed E-state index contributed by atoms with van der Waals surface area (Å²) in [7, 11) is 0. The van der Waals surface area contributed by atoms with Crippen molar-refractivity contribution in [2.75, 3.05) is 0 Å². The van der Waals surface area contributed by atoms with Crippen molar-refractivity contribution in [1.82, 2.24) is 9.13 Å². The highest BCUT2D eigenvalue weighted by Crippen LogP contribution is 2.43. The Labute approximate surface area is 310 Å². The Hall–Kier alpha value is -6.92. The topological polar surface area (TPSA) is 17.6 Å². The van der Waals surface area contributed by atoms with Gasteiger partial charge in [-0.05, 0) is 93.3 Å². The summed E-state index contributed by atoms with van der Waals surface area (Å²) in [5.74, 6) is -0.483. The number of imidazole rings is 2. The summed E-state index contributed by atoms with van der Waals surface area (Å²) >= 11 is 0. The van der Waals surface area contributed by atoms with Crippen molar-refractivity contribution in [2.45, 2.75) is 13.1 Å². The molecule has 0 atom stereocenters. The van der Waals surface area contributed by atoms with Gasteiger partial charge in [0.05, 0.1) is 0 Å². The highest BCUT2D eigenvalue weighted by atomic mass is 19.1. The van der Waals surface area contributed by atoms with Crippen molar-refractivity contribution in [3.05, 3.63) is 205 Å². The summed E-state index contributed by atoms with van der Waals surface area (Å²) < 4.78 is 36.8. The zero-order valence-electron chi connectivity index (χ0n) is 29.3. The maximum absolute atomic E-state index is 13.9. The molecule has 0 unspecified atom stereocenters.